The lowest BCUT2D eigenvalue weighted by Crippen LogP contribution is -2.25. The quantitative estimate of drug-likeness (QED) is 0.206. The summed E-state index contributed by atoms with van der Waals surface area (Å²) in [6, 6.07) is 13.3. The molecule has 0 aliphatic heterocycles. The van der Waals surface area contributed by atoms with E-state index in [1.165, 1.54) is 4.68 Å². The van der Waals surface area contributed by atoms with Gasteiger partial charge in [0.1, 0.15) is 46.3 Å². The Labute approximate surface area is 227 Å². The summed E-state index contributed by atoms with van der Waals surface area (Å²) in [5.41, 5.74) is 2.19. The van der Waals surface area contributed by atoms with Gasteiger partial charge in [0, 0.05) is 5.41 Å². The molecular formula is C24H28Cl2IN3O5. The number of ether oxygens (including phenoxy) is 2. The van der Waals surface area contributed by atoms with Crippen LogP contribution in [-0.2, 0) is 18.6 Å². The lowest BCUT2D eigenvalue weighted by atomic mass is 9.78. The Morgan fingerprint density at radius 3 is 2.29 bits per heavy atom. The van der Waals surface area contributed by atoms with Gasteiger partial charge in [0.2, 0.25) is 0 Å². The predicted octanol–water partition coefficient (Wildman–Crippen LogP) is 3.77. The lowest BCUT2D eigenvalue weighted by Gasteiger charge is -2.27. The van der Waals surface area contributed by atoms with Gasteiger partial charge in [-0.2, -0.15) is 0 Å². The van der Waals surface area contributed by atoms with Crippen LogP contribution in [0.1, 0.15) is 30.7 Å². The fourth-order valence-corrected chi connectivity index (χ4v) is 4.26. The standard InChI is InChI=1S/C24H28Cl2IN3O5/c1-24(2,16-5-8-22(20(26)9-16)35-13-17(32)10-25)15-3-6-19(7-4-15)34-14-18(33)11-30-23(27)21(12-31)28-29-30/h3-9,17-18,31-33H,10-14H2,1-2H3/t17-,18-/m0/s1/i27-4. The van der Waals surface area contributed by atoms with Gasteiger partial charge in [-0.25, -0.2) is 4.68 Å². The molecule has 1 heterocycles. The molecular weight excluding hydrogens is 604 g/mol. The molecule has 1 aromatic heterocycles. The number of aliphatic hydroxyl groups is 3. The van der Waals surface area contributed by atoms with Gasteiger partial charge in [-0.05, 0) is 58.0 Å². The monoisotopic (exact) mass is 631 g/mol. The maximum absolute atomic E-state index is 10.3. The van der Waals surface area contributed by atoms with Crippen LogP contribution in [0.5, 0.6) is 11.5 Å². The van der Waals surface area contributed by atoms with E-state index in [2.05, 4.69) is 24.2 Å². The molecule has 0 aliphatic rings. The average molecular weight is 632 g/mol. The Hall–Kier alpha value is -1.63. The molecule has 2 aromatic carbocycles. The molecule has 2 atom stereocenters. The molecule has 0 aliphatic carbocycles. The van der Waals surface area contributed by atoms with Gasteiger partial charge in [0.15, 0.2) is 0 Å². The summed E-state index contributed by atoms with van der Waals surface area (Å²) < 4.78 is 13.5. The molecule has 0 saturated heterocycles. The van der Waals surface area contributed by atoms with Gasteiger partial charge in [-0.1, -0.05) is 48.9 Å². The Kier molecular flexibility index (Phi) is 10.0. The van der Waals surface area contributed by atoms with E-state index >= 15 is 0 Å². The highest BCUT2D eigenvalue weighted by Crippen LogP contribution is 2.36. The van der Waals surface area contributed by atoms with Crippen molar-refractivity contribution in [2.24, 2.45) is 0 Å². The van der Waals surface area contributed by atoms with Crippen LogP contribution in [-0.4, -0.2) is 61.6 Å². The molecule has 0 radical (unpaired) electrons. The molecule has 11 heteroatoms. The summed E-state index contributed by atoms with van der Waals surface area (Å²) in [4.78, 5) is 0. The van der Waals surface area contributed by atoms with Gasteiger partial charge < -0.3 is 24.8 Å². The molecule has 3 aromatic rings. The van der Waals surface area contributed by atoms with Crippen LogP contribution >= 0.6 is 45.8 Å². The van der Waals surface area contributed by atoms with Crippen molar-refractivity contribution in [3.8, 4) is 11.5 Å². The second-order valence-electron chi connectivity index (χ2n) is 8.55. The van der Waals surface area contributed by atoms with Crippen molar-refractivity contribution in [3.05, 3.63) is 68.0 Å². The zero-order valence-corrected chi connectivity index (χ0v) is 23.0. The third kappa shape index (κ3) is 7.21. The third-order valence-corrected chi connectivity index (χ3v) is 7.38. The van der Waals surface area contributed by atoms with E-state index in [0.29, 0.717) is 25.9 Å². The minimum atomic E-state index is -0.790. The predicted molar refractivity (Wildman–Crippen MR) is 142 cm³/mol. The van der Waals surface area contributed by atoms with Crippen LogP contribution in [0.25, 0.3) is 0 Å². The first-order valence-electron chi connectivity index (χ1n) is 10.9. The molecule has 35 heavy (non-hydrogen) atoms. The third-order valence-electron chi connectivity index (χ3n) is 5.55. The zero-order valence-electron chi connectivity index (χ0n) is 19.4. The first-order chi connectivity index (χ1) is 16.6. The molecule has 0 unspecified atom stereocenters. The summed E-state index contributed by atoms with van der Waals surface area (Å²) >= 11 is 14.1. The van der Waals surface area contributed by atoms with E-state index in [9.17, 15) is 15.3 Å². The Bertz CT molecular complexity index is 1110. The summed E-state index contributed by atoms with van der Waals surface area (Å²) in [6.45, 7) is 4.36. The number of rotatable bonds is 12. The average Bonchev–Trinajstić information content (AvgIpc) is 3.20. The van der Waals surface area contributed by atoms with Crippen molar-refractivity contribution in [2.75, 3.05) is 19.1 Å². The SMILES string of the molecule is CC(C)(c1ccc(OC[C@@H](O)Cn2nnc(CO)c2[123I])cc1)c1ccc(OC[C@@H](O)CCl)c(Cl)c1. The number of aliphatic hydroxyl groups excluding tert-OH is 3. The molecule has 3 N–H and O–H groups in total. The largest absolute Gasteiger partial charge is 0.491 e. The molecule has 0 spiro atoms. The number of aromatic nitrogens is 3. The van der Waals surface area contributed by atoms with Gasteiger partial charge in [0.25, 0.3) is 0 Å². The molecule has 0 amide bonds. The van der Waals surface area contributed by atoms with Gasteiger partial charge in [-0.15, -0.1) is 16.7 Å². The van der Waals surface area contributed by atoms with E-state index in [0.717, 1.165) is 11.1 Å². The molecule has 0 fully saturated rings. The van der Waals surface area contributed by atoms with Crippen molar-refractivity contribution in [1.82, 2.24) is 15.0 Å². The first kappa shape index (κ1) is 27.9. The van der Waals surface area contributed by atoms with Crippen LogP contribution in [0, 0.1) is 3.70 Å². The summed E-state index contributed by atoms with van der Waals surface area (Å²) in [5.74, 6) is 1.21. The second kappa shape index (κ2) is 12.6. The maximum Gasteiger partial charge on any atom is 0.138 e. The van der Waals surface area contributed by atoms with E-state index in [-0.39, 0.29) is 37.7 Å². The van der Waals surface area contributed by atoms with Crippen molar-refractivity contribution in [1.29, 1.82) is 0 Å². The highest BCUT2D eigenvalue weighted by molar-refractivity contribution is 14.1. The number of hydrogen-bond acceptors (Lipinski definition) is 7. The summed E-state index contributed by atoms with van der Waals surface area (Å²) in [7, 11) is 0. The van der Waals surface area contributed by atoms with Crippen molar-refractivity contribution in [3.63, 3.8) is 0 Å². The van der Waals surface area contributed by atoms with Gasteiger partial charge in [-0.3, -0.25) is 0 Å². The number of alkyl halides is 1. The number of nitrogens with zero attached hydrogens (tertiary/aromatic N) is 3. The van der Waals surface area contributed by atoms with E-state index in [4.69, 9.17) is 32.7 Å². The Morgan fingerprint density at radius 1 is 1.03 bits per heavy atom. The zero-order chi connectivity index (χ0) is 25.6. The minimum Gasteiger partial charge on any atom is -0.491 e. The van der Waals surface area contributed by atoms with Crippen LogP contribution in [0.2, 0.25) is 5.02 Å². The van der Waals surface area contributed by atoms with Crippen LogP contribution in [0.3, 0.4) is 0 Å². The molecule has 8 nitrogen and oxygen atoms in total. The number of hydrogen-bond donors (Lipinski definition) is 3. The van der Waals surface area contributed by atoms with E-state index in [1.54, 1.807) is 6.07 Å². The Morgan fingerprint density at radius 2 is 1.69 bits per heavy atom. The smallest absolute Gasteiger partial charge is 0.138 e. The topological polar surface area (TPSA) is 110 Å². The lowest BCUT2D eigenvalue weighted by molar-refractivity contribution is 0.0881. The van der Waals surface area contributed by atoms with Gasteiger partial charge in [0.05, 0.1) is 24.1 Å². The van der Waals surface area contributed by atoms with Crippen LogP contribution in [0.4, 0.5) is 0 Å². The van der Waals surface area contributed by atoms with Crippen molar-refractivity contribution >= 4 is 45.8 Å². The van der Waals surface area contributed by atoms with E-state index < -0.39 is 12.2 Å². The summed E-state index contributed by atoms with van der Waals surface area (Å²) in [5, 5.41) is 37.4. The highest BCUT2D eigenvalue weighted by Gasteiger charge is 2.24. The molecule has 3 rings (SSSR count). The Balaban J connectivity index is 1.60. The summed E-state index contributed by atoms with van der Waals surface area (Å²) in [6.07, 6.45) is -1.54. The fourth-order valence-electron chi connectivity index (χ4n) is 3.37. The van der Waals surface area contributed by atoms with Gasteiger partial charge >= 0.3 is 0 Å². The molecule has 0 bridgehead atoms. The normalized spacial score (nSPS) is 13.5. The van der Waals surface area contributed by atoms with Crippen molar-refractivity contribution in [2.45, 2.75) is 44.6 Å². The maximum atomic E-state index is 10.3. The minimum absolute atomic E-state index is 0.0733. The highest BCUT2D eigenvalue weighted by atomic mass is 123. The molecule has 190 valence electrons. The first-order valence-corrected chi connectivity index (χ1v) is 12.9. The van der Waals surface area contributed by atoms with Crippen LogP contribution < -0.4 is 9.47 Å². The number of halogens is 3. The fraction of sp³-hybridized carbons (Fsp3) is 0.417. The van der Waals surface area contributed by atoms with E-state index in [1.807, 2.05) is 59.0 Å². The second-order valence-corrected chi connectivity index (χ2v) is 10.3. The van der Waals surface area contributed by atoms with Crippen LogP contribution in [0.15, 0.2) is 42.5 Å². The number of benzene rings is 2. The van der Waals surface area contributed by atoms with Crippen molar-refractivity contribution < 1.29 is 24.8 Å². The molecule has 0 saturated carbocycles.